The van der Waals surface area contributed by atoms with Gasteiger partial charge in [0.2, 0.25) is 5.91 Å². The molecule has 0 spiro atoms. The molecule has 1 heterocycles. The number of thiazole rings is 1. The average Bonchev–Trinajstić information content (AvgIpc) is 3.54. The number of hydrogen-bond acceptors (Lipinski definition) is 6. The van der Waals surface area contributed by atoms with Gasteiger partial charge in [0.15, 0.2) is 5.13 Å². The van der Waals surface area contributed by atoms with Gasteiger partial charge in [0.1, 0.15) is 5.70 Å². The summed E-state index contributed by atoms with van der Waals surface area (Å²) in [6.45, 7) is 0. The van der Waals surface area contributed by atoms with Crippen molar-refractivity contribution in [3.8, 4) is 11.1 Å². The third kappa shape index (κ3) is 8.03. The number of nitrogens with zero attached hydrogens (tertiary/aromatic N) is 1. The molecule has 1 aromatic heterocycles. The molecule has 0 saturated carbocycles. The topological polar surface area (TPSA) is 100 Å². The summed E-state index contributed by atoms with van der Waals surface area (Å²) in [5, 5.41) is 10.7. The third-order valence-electron chi connectivity index (χ3n) is 6.02. The van der Waals surface area contributed by atoms with Gasteiger partial charge in [0, 0.05) is 27.7 Å². The molecule has 0 aliphatic heterocycles. The van der Waals surface area contributed by atoms with E-state index in [1.165, 1.54) is 23.1 Å². The fourth-order valence-corrected chi connectivity index (χ4v) is 5.18. The zero-order valence-electron chi connectivity index (χ0n) is 22.3. The highest BCUT2D eigenvalue weighted by atomic mass is 32.2. The highest BCUT2D eigenvalue weighted by molar-refractivity contribution is 8.00. The molecule has 208 valence electrons. The zero-order valence-corrected chi connectivity index (χ0v) is 24.0. The summed E-state index contributed by atoms with van der Waals surface area (Å²) in [4.78, 5) is 43.4. The molecule has 3 N–H and O–H groups in total. The molecule has 0 saturated heterocycles. The molecule has 0 fully saturated rings. The monoisotopic (exact) mass is 590 g/mol. The summed E-state index contributed by atoms with van der Waals surface area (Å²) in [7, 11) is 0. The summed E-state index contributed by atoms with van der Waals surface area (Å²) >= 11 is 2.74. The molecule has 0 bridgehead atoms. The first-order valence-electron chi connectivity index (χ1n) is 13.0. The molecule has 0 aliphatic rings. The molecule has 3 amide bonds. The Kier molecular flexibility index (Phi) is 9.56. The van der Waals surface area contributed by atoms with Crippen molar-refractivity contribution in [3.05, 3.63) is 138 Å². The van der Waals surface area contributed by atoms with Crippen molar-refractivity contribution in [3.63, 3.8) is 0 Å². The largest absolute Gasteiger partial charge is 0.321 e. The highest BCUT2D eigenvalue weighted by Gasteiger charge is 2.15. The van der Waals surface area contributed by atoms with Gasteiger partial charge in [-0.25, -0.2) is 4.98 Å². The molecule has 7 nitrogen and oxygen atoms in total. The van der Waals surface area contributed by atoms with Crippen LogP contribution < -0.4 is 16.0 Å². The molecule has 42 heavy (non-hydrogen) atoms. The van der Waals surface area contributed by atoms with E-state index in [-0.39, 0.29) is 23.3 Å². The maximum Gasteiger partial charge on any atom is 0.272 e. The van der Waals surface area contributed by atoms with E-state index < -0.39 is 5.91 Å². The molecular weight excluding hydrogens is 565 g/mol. The second-order valence-corrected chi connectivity index (χ2v) is 11.0. The van der Waals surface area contributed by atoms with Crippen LogP contribution in [0.4, 0.5) is 10.8 Å². The average molecular weight is 591 g/mol. The molecule has 0 aliphatic carbocycles. The minimum Gasteiger partial charge on any atom is -0.321 e. The van der Waals surface area contributed by atoms with E-state index in [0.717, 1.165) is 21.6 Å². The highest BCUT2D eigenvalue weighted by Crippen LogP contribution is 2.23. The number of carbonyl (C=O) groups is 3. The fraction of sp³-hybridized carbons (Fsp3) is 0.0303. The molecule has 5 rings (SSSR count). The van der Waals surface area contributed by atoms with E-state index in [1.54, 1.807) is 54.1 Å². The Bertz CT molecular complexity index is 1670. The van der Waals surface area contributed by atoms with Crippen LogP contribution in [-0.2, 0) is 9.59 Å². The van der Waals surface area contributed by atoms with Crippen LogP contribution in [0.5, 0.6) is 0 Å². The van der Waals surface area contributed by atoms with Crippen molar-refractivity contribution < 1.29 is 14.4 Å². The SMILES string of the molecule is O=C(CSc1ccc(NC(=O)/C(=C/c2ccc(-c3ccccc3)cc2)NC(=O)c2ccccc2)cc1)Nc1nccs1. The molecule has 4 aromatic carbocycles. The second-order valence-electron chi connectivity index (χ2n) is 9.02. The van der Waals surface area contributed by atoms with Gasteiger partial charge in [-0.15, -0.1) is 23.1 Å². The van der Waals surface area contributed by atoms with Gasteiger partial charge in [-0.3, -0.25) is 14.4 Å². The number of carbonyl (C=O) groups excluding carboxylic acids is 3. The smallest absolute Gasteiger partial charge is 0.272 e. The van der Waals surface area contributed by atoms with Crippen LogP contribution in [0.15, 0.2) is 131 Å². The van der Waals surface area contributed by atoms with Crippen LogP contribution in [0.1, 0.15) is 15.9 Å². The number of amides is 3. The van der Waals surface area contributed by atoms with Crippen LogP contribution in [-0.4, -0.2) is 28.5 Å². The predicted octanol–water partition coefficient (Wildman–Crippen LogP) is 6.95. The lowest BCUT2D eigenvalue weighted by atomic mass is 10.0. The van der Waals surface area contributed by atoms with Gasteiger partial charge in [0.25, 0.3) is 11.8 Å². The van der Waals surface area contributed by atoms with E-state index in [4.69, 9.17) is 0 Å². The summed E-state index contributed by atoms with van der Waals surface area (Å²) < 4.78 is 0. The Balaban J connectivity index is 1.28. The van der Waals surface area contributed by atoms with Crippen LogP contribution in [0.3, 0.4) is 0 Å². The van der Waals surface area contributed by atoms with Crippen molar-refractivity contribution in [1.82, 2.24) is 10.3 Å². The van der Waals surface area contributed by atoms with Crippen molar-refractivity contribution in [2.45, 2.75) is 4.90 Å². The second kappa shape index (κ2) is 14.1. The predicted molar refractivity (Wildman–Crippen MR) is 170 cm³/mol. The third-order valence-corrected chi connectivity index (χ3v) is 7.72. The molecule has 9 heteroatoms. The van der Waals surface area contributed by atoms with E-state index in [1.807, 2.05) is 72.8 Å². The first kappa shape index (κ1) is 28.5. The molecule has 0 radical (unpaired) electrons. The van der Waals surface area contributed by atoms with Crippen molar-refractivity contribution in [1.29, 1.82) is 0 Å². The molecule has 5 aromatic rings. The number of thioether (sulfide) groups is 1. The number of anilines is 2. The minimum absolute atomic E-state index is 0.105. The number of benzene rings is 4. The lowest BCUT2D eigenvalue weighted by molar-refractivity contribution is -0.114. The first-order valence-corrected chi connectivity index (χ1v) is 14.9. The van der Waals surface area contributed by atoms with E-state index in [2.05, 4.69) is 20.9 Å². The quantitative estimate of drug-likeness (QED) is 0.121. The van der Waals surface area contributed by atoms with Crippen LogP contribution in [0.25, 0.3) is 17.2 Å². The lowest BCUT2D eigenvalue weighted by Gasteiger charge is -2.12. The fourth-order valence-electron chi connectivity index (χ4n) is 3.93. The zero-order chi connectivity index (χ0) is 29.1. The van der Waals surface area contributed by atoms with E-state index >= 15 is 0 Å². The Morgan fingerprint density at radius 1 is 0.762 bits per heavy atom. The standard InChI is InChI=1S/C33H26N4O3S2/c38-30(37-33-34-19-20-41-33)22-42-28-17-15-27(16-18-28)35-32(40)29(36-31(39)26-9-5-2-6-10-26)21-23-11-13-25(14-12-23)24-7-3-1-4-8-24/h1-21H,22H2,(H,35,40)(H,36,39)(H,34,37,38)/b29-21-. The maximum absolute atomic E-state index is 13.4. The summed E-state index contributed by atoms with van der Waals surface area (Å²) in [5.41, 5.74) is 3.99. The summed E-state index contributed by atoms with van der Waals surface area (Å²) in [6.07, 6.45) is 3.28. The number of aromatic nitrogens is 1. The number of rotatable bonds is 10. The number of nitrogens with one attached hydrogen (secondary N) is 3. The Morgan fingerprint density at radius 2 is 1.43 bits per heavy atom. The van der Waals surface area contributed by atoms with Gasteiger partial charge in [-0.1, -0.05) is 72.8 Å². The van der Waals surface area contributed by atoms with Gasteiger partial charge in [0.05, 0.1) is 5.75 Å². The Labute approximate surface area is 251 Å². The van der Waals surface area contributed by atoms with Gasteiger partial charge in [-0.05, 0) is 59.2 Å². The van der Waals surface area contributed by atoms with Crippen LogP contribution in [0.2, 0.25) is 0 Å². The maximum atomic E-state index is 13.4. The molecule has 0 atom stereocenters. The number of hydrogen-bond donors (Lipinski definition) is 3. The van der Waals surface area contributed by atoms with Gasteiger partial charge in [-0.2, -0.15) is 0 Å². The Hall–Kier alpha value is -4.99. The van der Waals surface area contributed by atoms with E-state index in [9.17, 15) is 14.4 Å². The van der Waals surface area contributed by atoms with Gasteiger partial charge < -0.3 is 16.0 Å². The molecule has 0 unspecified atom stereocenters. The Morgan fingerprint density at radius 3 is 2.10 bits per heavy atom. The van der Waals surface area contributed by atoms with Crippen molar-refractivity contribution in [2.24, 2.45) is 0 Å². The van der Waals surface area contributed by atoms with Gasteiger partial charge >= 0.3 is 0 Å². The van der Waals surface area contributed by atoms with Crippen molar-refractivity contribution in [2.75, 3.05) is 16.4 Å². The summed E-state index contributed by atoms with van der Waals surface area (Å²) in [5.74, 6) is -0.768. The summed E-state index contributed by atoms with van der Waals surface area (Å²) in [6, 6.07) is 33.6. The first-order chi connectivity index (χ1) is 20.5. The lowest BCUT2D eigenvalue weighted by Crippen LogP contribution is -2.30. The molecular formula is C33H26N4O3S2. The van der Waals surface area contributed by atoms with Crippen LogP contribution in [0, 0.1) is 0 Å². The normalized spacial score (nSPS) is 11.0. The van der Waals surface area contributed by atoms with E-state index in [0.29, 0.717) is 16.4 Å². The van der Waals surface area contributed by atoms with Crippen LogP contribution >= 0.6 is 23.1 Å². The van der Waals surface area contributed by atoms with Crippen molar-refractivity contribution >= 4 is 57.7 Å². The minimum atomic E-state index is -0.463.